The van der Waals surface area contributed by atoms with Gasteiger partial charge in [0.1, 0.15) is 0 Å². The molecule has 0 rings (SSSR count). The molecule has 0 fully saturated rings. The first-order valence-electron chi connectivity index (χ1n) is 7.13. The largest absolute Gasteiger partial charge is 0.425 e. The van der Waals surface area contributed by atoms with Gasteiger partial charge in [-0.1, -0.05) is 0 Å². The Hall–Kier alpha value is -1.37. The van der Waals surface area contributed by atoms with Crippen molar-refractivity contribution in [2.45, 2.75) is 66.9 Å². The van der Waals surface area contributed by atoms with Crippen molar-refractivity contribution >= 4 is 0 Å². The minimum Gasteiger partial charge on any atom is -0.378 e. The van der Waals surface area contributed by atoms with Gasteiger partial charge in [-0.3, -0.25) is 0 Å². The normalized spacial score (nSPS) is 17.2. The van der Waals surface area contributed by atoms with Crippen LogP contribution >= 0.6 is 0 Å². The second-order valence-corrected chi connectivity index (χ2v) is 5.97. The number of aliphatic hydroxyl groups excluding tert-OH is 1. The summed E-state index contributed by atoms with van der Waals surface area (Å²) in [5.74, 6) is -48.1. The van der Waals surface area contributed by atoms with Crippen molar-refractivity contribution in [1.29, 1.82) is 0 Å². The van der Waals surface area contributed by atoms with Gasteiger partial charge in [-0.15, -0.1) is 0 Å². The van der Waals surface area contributed by atoms with Crippen molar-refractivity contribution in [2.75, 3.05) is 0 Å². The van der Waals surface area contributed by atoms with Gasteiger partial charge >= 0.3 is 47.9 Å². The van der Waals surface area contributed by atoms with Crippen LogP contribution < -0.4 is 0 Å². The zero-order valence-corrected chi connectivity index (χ0v) is 14.1. The number of hydrogen-bond donors (Lipinski definition) is 1. The molecule has 0 spiro atoms. The maximum Gasteiger partial charge on any atom is 0.425 e. The van der Waals surface area contributed by atoms with Gasteiger partial charge in [-0.2, -0.15) is 79.0 Å². The second-order valence-electron chi connectivity index (χ2n) is 5.97. The summed E-state index contributed by atoms with van der Waals surface area (Å²) in [5, 5.41) is 8.26. The lowest BCUT2D eigenvalue weighted by atomic mass is 9.88. The fraction of sp³-hybridized carbons (Fsp3) is 0.917. The molecule has 0 bridgehead atoms. The molecular weight excluding hydrogens is 521 g/mol. The van der Waals surface area contributed by atoms with E-state index >= 15 is 0 Å². The second kappa shape index (κ2) is 8.14. The molecule has 1 nitrogen and oxygen atoms in total. The van der Waals surface area contributed by atoms with Gasteiger partial charge in [0.05, 0.1) is 0 Å². The topological polar surface area (TPSA) is 20.2 Å². The molecule has 0 aliphatic carbocycles. The predicted octanol–water partition coefficient (Wildman–Crippen LogP) is 6.95. The average Bonchev–Trinajstić information content (AvgIpc) is 2.56. The molecule has 0 aromatic rings. The summed E-state index contributed by atoms with van der Waals surface area (Å²) in [7, 11) is 0. The van der Waals surface area contributed by atoms with Crippen LogP contribution in [0.4, 0.5) is 83.4 Å². The predicted molar refractivity (Wildman–Crippen MR) is 61.1 cm³/mol. The zero-order valence-electron chi connectivity index (χ0n) is 14.1. The van der Waals surface area contributed by atoms with Crippen LogP contribution in [0.2, 0.25) is 0 Å². The van der Waals surface area contributed by atoms with E-state index in [0.717, 1.165) is 0 Å². The molecule has 0 heterocycles. The van der Waals surface area contributed by atoms with Gasteiger partial charge in [0.25, 0.3) is 6.17 Å². The van der Waals surface area contributed by atoms with Crippen LogP contribution in [0.15, 0.2) is 0 Å². The molecule has 1 radical (unpaired) electrons. The average molecular weight is 527 g/mol. The molecule has 0 aromatic carbocycles. The fourth-order valence-electron chi connectivity index (χ4n) is 1.77. The molecule has 32 heavy (non-hydrogen) atoms. The summed E-state index contributed by atoms with van der Waals surface area (Å²) in [6, 6.07) is 0. The third kappa shape index (κ3) is 4.78. The SMILES string of the molecule is O[C](CCC(F)(F)C(F)(F)C(F)(F)C(F)(F)C(F)(F)C(F)(F)C(F)C(F)(F)F)C(F)(F)F. The minimum atomic E-state index is -8.54. The van der Waals surface area contributed by atoms with Gasteiger partial charge < -0.3 is 5.11 Å². The Morgan fingerprint density at radius 2 is 0.906 bits per heavy atom. The van der Waals surface area contributed by atoms with E-state index in [1.165, 1.54) is 0 Å². The van der Waals surface area contributed by atoms with Crippen molar-refractivity contribution in [3.05, 3.63) is 6.10 Å². The van der Waals surface area contributed by atoms with Crippen molar-refractivity contribution in [1.82, 2.24) is 0 Å². The van der Waals surface area contributed by atoms with E-state index in [-0.39, 0.29) is 0 Å². The molecule has 0 aromatic heterocycles. The van der Waals surface area contributed by atoms with Crippen LogP contribution in [0.1, 0.15) is 12.8 Å². The van der Waals surface area contributed by atoms with Crippen molar-refractivity contribution in [2.24, 2.45) is 0 Å². The maximum absolute atomic E-state index is 13.3. The molecule has 0 amide bonds. The molecule has 193 valence electrons. The number of aliphatic hydroxyl groups is 1. The molecule has 20 heteroatoms. The first-order chi connectivity index (χ1) is 13.5. The molecule has 0 saturated heterocycles. The van der Waals surface area contributed by atoms with Crippen LogP contribution in [-0.4, -0.2) is 59.2 Å². The quantitative estimate of drug-likeness (QED) is 0.322. The summed E-state index contributed by atoms with van der Waals surface area (Å²) in [6.45, 7) is 0. The summed E-state index contributed by atoms with van der Waals surface area (Å²) in [5.41, 5.74) is 0. The van der Waals surface area contributed by atoms with E-state index in [2.05, 4.69) is 0 Å². The Labute approximate surface area is 163 Å². The lowest BCUT2D eigenvalue weighted by Crippen LogP contribution is -2.72. The van der Waals surface area contributed by atoms with Gasteiger partial charge in [0.2, 0.25) is 0 Å². The van der Waals surface area contributed by atoms with Crippen molar-refractivity contribution in [3.63, 3.8) is 0 Å². The number of hydrogen-bond acceptors (Lipinski definition) is 1. The summed E-state index contributed by atoms with van der Waals surface area (Å²) >= 11 is 0. The first kappa shape index (κ1) is 30.6. The summed E-state index contributed by atoms with van der Waals surface area (Å²) in [4.78, 5) is 0. The molecule has 0 aliphatic rings. The van der Waals surface area contributed by atoms with Crippen LogP contribution in [-0.2, 0) is 0 Å². The van der Waals surface area contributed by atoms with Gasteiger partial charge in [0.15, 0.2) is 6.10 Å². The Kier molecular flexibility index (Phi) is 7.79. The third-order valence-electron chi connectivity index (χ3n) is 3.67. The van der Waals surface area contributed by atoms with Gasteiger partial charge in [-0.05, 0) is 6.42 Å². The highest BCUT2D eigenvalue weighted by molar-refractivity contribution is 5.13. The third-order valence-corrected chi connectivity index (χ3v) is 3.67. The monoisotopic (exact) mass is 527 g/mol. The van der Waals surface area contributed by atoms with E-state index in [9.17, 15) is 83.4 Å². The first-order valence-corrected chi connectivity index (χ1v) is 7.13. The van der Waals surface area contributed by atoms with Crippen molar-refractivity contribution < 1.29 is 88.5 Å². The van der Waals surface area contributed by atoms with Gasteiger partial charge in [-0.25, -0.2) is 4.39 Å². The highest BCUT2D eigenvalue weighted by Gasteiger charge is 2.91. The minimum absolute atomic E-state index is 2.71. The number of rotatable bonds is 9. The van der Waals surface area contributed by atoms with E-state index < -0.39 is 73.0 Å². The standard InChI is InChI=1S/C12H6F19O/c13-4(8(21,22)23)6(16,17)10(26,27)12(30,31)11(28,29)9(24,25)5(14,15)2-1-3(32)7(18,19)20/h4,32H,1-2H2. The van der Waals surface area contributed by atoms with Crippen molar-refractivity contribution in [3.8, 4) is 0 Å². The summed E-state index contributed by atoms with van der Waals surface area (Å²) in [6.07, 6.45) is -28.5. The number of halogens is 19. The lowest BCUT2D eigenvalue weighted by Gasteiger charge is -2.42. The van der Waals surface area contributed by atoms with E-state index in [1.807, 2.05) is 0 Å². The Balaban J connectivity index is 6.32. The van der Waals surface area contributed by atoms with E-state index in [0.29, 0.717) is 0 Å². The van der Waals surface area contributed by atoms with Crippen LogP contribution in [0.5, 0.6) is 0 Å². The number of alkyl halides is 19. The molecule has 0 saturated carbocycles. The van der Waals surface area contributed by atoms with Crippen LogP contribution in [0, 0.1) is 6.10 Å². The Morgan fingerprint density at radius 3 is 1.22 bits per heavy atom. The van der Waals surface area contributed by atoms with Crippen LogP contribution in [0.3, 0.4) is 0 Å². The Morgan fingerprint density at radius 1 is 0.562 bits per heavy atom. The molecular formula is C12H6F19O. The highest BCUT2D eigenvalue weighted by Crippen LogP contribution is 2.62. The smallest absolute Gasteiger partial charge is 0.378 e. The van der Waals surface area contributed by atoms with E-state index in [4.69, 9.17) is 5.11 Å². The van der Waals surface area contributed by atoms with Crippen LogP contribution in [0.25, 0.3) is 0 Å². The molecule has 0 aliphatic heterocycles. The van der Waals surface area contributed by atoms with Gasteiger partial charge in [0, 0.05) is 6.42 Å². The Bertz CT molecular complexity index is 644. The fourth-order valence-corrected chi connectivity index (χ4v) is 1.77. The highest BCUT2D eigenvalue weighted by atomic mass is 19.4. The molecule has 1 atom stereocenters. The maximum atomic E-state index is 13.3. The molecule has 1 unspecified atom stereocenters. The molecule has 1 N–H and O–H groups in total. The lowest BCUT2D eigenvalue weighted by molar-refractivity contribution is -0.436. The zero-order chi connectivity index (χ0) is 26.6. The summed E-state index contributed by atoms with van der Waals surface area (Å²) < 4.78 is 242. The van der Waals surface area contributed by atoms with E-state index in [1.54, 1.807) is 0 Å².